The second-order valence-electron chi connectivity index (χ2n) is 17.7. The molecular weight excluding hydrogens is 728 g/mol. The number of carbonyl (C=O) groups is 1. The van der Waals surface area contributed by atoms with Gasteiger partial charge in [0.15, 0.2) is 18.9 Å². The smallest absolute Gasteiger partial charge is 0.309 e. The summed E-state index contributed by atoms with van der Waals surface area (Å²) >= 11 is 0. The van der Waals surface area contributed by atoms with Crippen LogP contribution in [0.4, 0.5) is 0 Å². The maximum absolute atomic E-state index is 12.7. The molecule has 0 aromatic heterocycles. The molecule has 5 aliphatic carbocycles. The molecule has 5 saturated carbocycles. The van der Waals surface area contributed by atoms with Crippen molar-refractivity contribution in [1.82, 2.24) is 0 Å². The zero-order valence-electron chi connectivity index (χ0n) is 31.5. The Labute approximate surface area is 319 Å². The second-order valence-corrected chi connectivity index (χ2v) is 17.7. The number of aliphatic hydroxyl groups is 9. The highest BCUT2D eigenvalue weighted by Crippen LogP contribution is 2.66. The van der Waals surface area contributed by atoms with E-state index in [0.717, 1.165) is 18.4 Å². The van der Waals surface area contributed by atoms with Crippen molar-refractivity contribution in [2.45, 2.75) is 163 Å². The Morgan fingerprint density at radius 2 is 1.38 bits per heavy atom. The molecule has 4 bridgehead atoms. The Kier molecular flexibility index (Phi) is 11.9. The van der Waals surface area contributed by atoms with Gasteiger partial charge in [0.2, 0.25) is 0 Å². The van der Waals surface area contributed by atoms with Crippen LogP contribution in [0.3, 0.4) is 0 Å². The molecule has 3 heterocycles. The van der Waals surface area contributed by atoms with E-state index < -0.39 is 122 Å². The van der Waals surface area contributed by atoms with E-state index in [2.05, 4.69) is 13.5 Å². The first kappa shape index (κ1) is 41.8. The second kappa shape index (κ2) is 15.7. The van der Waals surface area contributed by atoms with Crippen LogP contribution in [-0.2, 0) is 33.2 Å². The molecule has 0 radical (unpaired) electrons. The van der Waals surface area contributed by atoms with E-state index in [1.807, 2.05) is 6.92 Å². The molecule has 8 rings (SSSR count). The van der Waals surface area contributed by atoms with Crippen molar-refractivity contribution in [2.75, 3.05) is 13.2 Å². The van der Waals surface area contributed by atoms with Crippen molar-refractivity contribution in [3.63, 3.8) is 0 Å². The maximum Gasteiger partial charge on any atom is 0.309 e. The van der Waals surface area contributed by atoms with E-state index in [1.165, 1.54) is 6.92 Å². The molecular formula is C38H60O17. The fourth-order valence-electron chi connectivity index (χ4n) is 11.6. The number of hydrogen-bond donors (Lipinski definition) is 10. The zero-order valence-corrected chi connectivity index (χ0v) is 31.5. The summed E-state index contributed by atoms with van der Waals surface area (Å²) in [6.07, 6.45) is -19.3. The van der Waals surface area contributed by atoms with Gasteiger partial charge in [0.1, 0.15) is 67.1 Å². The largest absolute Gasteiger partial charge is 0.481 e. The maximum atomic E-state index is 12.7. The van der Waals surface area contributed by atoms with Crippen LogP contribution in [0.5, 0.6) is 0 Å². The predicted octanol–water partition coefficient (Wildman–Crippen LogP) is -1.63. The van der Waals surface area contributed by atoms with Gasteiger partial charge < -0.3 is 79.5 Å². The molecule has 0 aromatic carbocycles. The lowest BCUT2D eigenvalue weighted by molar-refractivity contribution is -0.398. The van der Waals surface area contributed by atoms with Gasteiger partial charge in [-0.15, -0.1) is 0 Å². The molecule has 0 aromatic rings. The van der Waals surface area contributed by atoms with Crippen LogP contribution in [0.15, 0.2) is 12.2 Å². The molecule has 0 spiro atoms. The summed E-state index contributed by atoms with van der Waals surface area (Å²) in [7, 11) is 0. The lowest BCUT2D eigenvalue weighted by Crippen LogP contribution is -2.67. The Bertz CT molecular complexity index is 1400. The minimum Gasteiger partial charge on any atom is -0.481 e. The summed E-state index contributed by atoms with van der Waals surface area (Å²) in [6, 6.07) is 0. The predicted molar refractivity (Wildman–Crippen MR) is 185 cm³/mol. The summed E-state index contributed by atoms with van der Waals surface area (Å²) in [5.41, 5.74) is -1.10. The van der Waals surface area contributed by atoms with Gasteiger partial charge in [0.05, 0.1) is 30.3 Å². The van der Waals surface area contributed by atoms with Crippen LogP contribution in [0.2, 0.25) is 0 Å². The van der Waals surface area contributed by atoms with Crippen LogP contribution in [-0.4, -0.2) is 168 Å². The SMILES string of the molecule is C=C1CC2C3CC4C(CCC[C@@]4(C)C(=O)O)C2[C@@H](C)C[C@]1(O[C@@H]1O[C@H](CO)[C@@H](O)[C@H](O[C@@H]2O[C@H](CO)[C@@H](O)[C@H](O)[C@H]2O)[C@H]1O[C@H]1O[C@H](C)[C@@H](O)[C@H](O)[C@@H]1O)C3. The van der Waals surface area contributed by atoms with E-state index in [4.69, 9.17) is 28.4 Å². The van der Waals surface area contributed by atoms with Gasteiger partial charge in [-0.05, 0) is 93.5 Å². The monoisotopic (exact) mass is 788 g/mol. The van der Waals surface area contributed by atoms with Crippen LogP contribution >= 0.6 is 0 Å². The van der Waals surface area contributed by atoms with Crippen molar-refractivity contribution in [2.24, 2.45) is 40.9 Å². The number of aliphatic carboxylic acids is 1. The van der Waals surface area contributed by atoms with Crippen molar-refractivity contribution < 1.29 is 84.3 Å². The zero-order chi connectivity index (χ0) is 39.9. The molecule has 5 unspecified atom stereocenters. The molecule has 314 valence electrons. The average molecular weight is 789 g/mol. The van der Waals surface area contributed by atoms with Crippen LogP contribution < -0.4 is 0 Å². The number of rotatable bonds is 9. The van der Waals surface area contributed by atoms with Crippen molar-refractivity contribution in [3.8, 4) is 0 Å². The molecule has 0 amide bonds. The number of carboxylic acid groups (broad SMARTS) is 1. The Balaban J connectivity index is 1.24. The fourth-order valence-corrected chi connectivity index (χ4v) is 11.6. The Morgan fingerprint density at radius 3 is 2.04 bits per heavy atom. The van der Waals surface area contributed by atoms with Crippen LogP contribution in [0.25, 0.3) is 0 Å². The minimum absolute atomic E-state index is 0.0180. The summed E-state index contributed by atoms with van der Waals surface area (Å²) in [4.78, 5) is 12.7. The third-order valence-corrected chi connectivity index (χ3v) is 14.6. The Hall–Kier alpha value is -1.39. The number of fused-ring (bicyclic) bond motifs is 3. The van der Waals surface area contributed by atoms with E-state index >= 15 is 0 Å². The number of hydrogen-bond acceptors (Lipinski definition) is 16. The first-order chi connectivity index (χ1) is 26.0. The van der Waals surface area contributed by atoms with Crippen molar-refractivity contribution >= 4 is 5.97 Å². The van der Waals surface area contributed by atoms with Gasteiger partial charge in [-0.1, -0.05) is 19.9 Å². The lowest BCUT2D eigenvalue weighted by atomic mass is 9.48. The highest BCUT2D eigenvalue weighted by Gasteiger charge is 2.64. The van der Waals surface area contributed by atoms with Crippen LogP contribution in [0, 0.1) is 40.9 Å². The summed E-state index contributed by atoms with van der Waals surface area (Å²) < 4.78 is 37.1. The highest BCUT2D eigenvalue weighted by molar-refractivity contribution is 5.74. The number of carboxylic acids is 1. The molecule has 10 N–H and O–H groups in total. The normalized spacial score (nSPS) is 55.4. The number of ether oxygens (including phenoxy) is 6. The molecule has 8 fully saturated rings. The average Bonchev–Trinajstić information content (AvgIpc) is 3.30. The quantitative estimate of drug-likeness (QED) is 0.0928. The molecule has 3 saturated heterocycles. The lowest BCUT2D eigenvalue weighted by Gasteiger charge is -2.57. The van der Waals surface area contributed by atoms with E-state index in [-0.39, 0.29) is 35.5 Å². The van der Waals surface area contributed by atoms with Crippen molar-refractivity contribution in [3.05, 3.63) is 12.2 Å². The van der Waals surface area contributed by atoms with E-state index in [0.29, 0.717) is 32.1 Å². The van der Waals surface area contributed by atoms with Gasteiger partial charge in [-0.2, -0.15) is 0 Å². The van der Waals surface area contributed by atoms with Crippen LogP contribution in [0.1, 0.15) is 65.7 Å². The van der Waals surface area contributed by atoms with Crippen molar-refractivity contribution in [1.29, 1.82) is 0 Å². The topological polar surface area (TPSA) is 275 Å². The van der Waals surface area contributed by atoms with E-state index in [9.17, 15) is 55.9 Å². The van der Waals surface area contributed by atoms with Gasteiger partial charge >= 0.3 is 5.97 Å². The summed E-state index contributed by atoms with van der Waals surface area (Å²) in [5.74, 6) is 0.0755. The summed E-state index contributed by atoms with van der Waals surface area (Å²) in [6.45, 7) is 8.51. The molecule has 8 aliphatic rings. The van der Waals surface area contributed by atoms with Gasteiger partial charge in [0.25, 0.3) is 0 Å². The first-order valence-corrected chi connectivity index (χ1v) is 19.8. The number of aliphatic hydroxyl groups excluding tert-OH is 9. The minimum atomic E-state index is -1.88. The van der Waals surface area contributed by atoms with Gasteiger partial charge in [-0.25, -0.2) is 0 Å². The molecule has 3 aliphatic heterocycles. The van der Waals surface area contributed by atoms with Gasteiger partial charge in [-0.3, -0.25) is 4.79 Å². The molecule has 17 nitrogen and oxygen atoms in total. The summed E-state index contributed by atoms with van der Waals surface area (Å²) in [5, 5.41) is 106. The third-order valence-electron chi connectivity index (χ3n) is 14.6. The van der Waals surface area contributed by atoms with E-state index in [1.54, 1.807) is 0 Å². The molecule has 17 heteroatoms. The third kappa shape index (κ3) is 7.01. The van der Waals surface area contributed by atoms with Gasteiger partial charge in [0, 0.05) is 0 Å². The Morgan fingerprint density at radius 1 is 0.782 bits per heavy atom. The standard InChI is InChI=1S/C38H60O17/c1-14-10-38(11-17-9-20-18(23(14)19(17)8-15(38)2)6-5-7-37(20,4)36(48)49)55-35-32(54-33-29(46)27(44)24(41)16(3)50-33)31(26(43)22(13-40)52-35)53-34-30(47)28(45)25(42)21(12-39)51-34/h14,16-35,39-47H,2,5-13H2,1,3-4H3,(H,48,49)/t14-,16+,17?,18?,19?,20?,21+,22+,23?,24+,25+,26+,27-,28-,29-,30+,31-,32+,33+,34-,35-,37+,38-/m0/s1. The fraction of sp³-hybridized carbons (Fsp3) is 0.921. The first-order valence-electron chi connectivity index (χ1n) is 19.8. The highest BCUT2D eigenvalue weighted by atomic mass is 16.8. The molecule has 55 heavy (non-hydrogen) atoms. The molecule has 23 atom stereocenters.